The van der Waals surface area contributed by atoms with Crippen molar-refractivity contribution in [2.45, 2.75) is 6.54 Å². The third-order valence-corrected chi connectivity index (χ3v) is 4.52. The molecule has 2 rings (SSSR count). The third-order valence-electron chi connectivity index (χ3n) is 2.60. The molecule has 0 amide bonds. The molecule has 0 atom stereocenters. The maximum absolute atomic E-state index is 13.8. The summed E-state index contributed by atoms with van der Waals surface area (Å²) in [5.41, 5.74) is -0.236. The number of methoxy groups -OCH3 is 1. The van der Waals surface area contributed by atoms with Gasteiger partial charge in [-0.3, -0.25) is 10.1 Å². The topological polar surface area (TPSA) is 64.4 Å². The van der Waals surface area contributed by atoms with E-state index in [1.807, 2.05) is 11.4 Å². The highest BCUT2D eigenvalue weighted by Crippen LogP contribution is 2.33. The lowest BCUT2D eigenvalue weighted by atomic mass is 10.2. The van der Waals surface area contributed by atoms with E-state index in [-0.39, 0.29) is 11.4 Å². The maximum atomic E-state index is 13.8. The second kappa shape index (κ2) is 6.19. The molecule has 106 valence electrons. The molecule has 5 nitrogen and oxygen atoms in total. The molecule has 1 heterocycles. The van der Waals surface area contributed by atoms with Gasteiger partial charge in [-0.1, -0.05) is 0 Å². The molecule has 1 aromatic heterocycles. The molecule has 0 spiro atoms. The van der Waals surface area contributed by atoms with E-state index in [0.717, 1.165) is 15.4 Å². The number of hydrogen-bond donors (Lipinski definition) is 1. The first-order valence-corrected chi connectivity index (χ1v) is 7.18. The van der Waals surface area contributed by atoms with Crippen LogP contribution in [0.2, 0.25) is 0 Å². The second-order valence-electron chi connectivity index (χ2n) is 3.81. The third kappa shape index (κ3) is 3.07. The molecule has 0 saturated carbocycles. The molecule has 0 aliphatic rings. The molecule has 0 aliphatic carbocycles. The van der Waals surface area contributed by atoms with Crippen molar-refractivity contribution in [1.82, 2.24) is 0 Å². The number of halogens is 2. The summed E-state index contributed by atoms with van der Waals surface area (Å²) in [4.78, 5) is 11.1. The highest BCUT2D eigenvalue weighted by atomic mass is 79.9. The minimum Gasteiger partial charge on any atom is -0.490 e. The van der Waals surface area contributed by atoms with E-state index in [1.54, 1.807) is 0 Å². The van der Waals surface area contributed by atoms with Crippen molar-refractivity contribution in [1.29, 1.82) is 0 Å². The number of hydrogen-bond acceptors (Lipinski definition) is 5. The summed E-state index contributed by atoms with van der Waals surface area (Å²) < 4.78 is 19.7. The average molecular weight is 361 g/mol. The van der Waals surface area contributed by atoms with Gasteiger partial charge in [0, 0.05) is 15.4 Å². The molecule has 8 heteroatoms. The molecule has 0 fully saturated rings. The van der Waals surface area contributed by atoms with Crippen LogP contribution in [0.3, 0.4) is 0 Å². The van der Waals surface area contributed by atoms with E-state index >= 15 is 0 Å². The molecular formula is C12H10BrFN2O3S. The fourth-order valence-corrected chi connectivity index (χ4v) is 3.04. The van der Waals surface area contributed by atoms with Gasteiger partial charge >= 0.3 is 5.69 Å². The molecule has 2 aromatic rings. The van der Waals surface area contributed by atoms with Crippen LogP contribution in [-0.2, 0) is 6.54 Å². The van der Waals surface area contributed by atoms with Gasteiger partial charge in [-0.25, -0.2) is 4.39 Å². The van der Waals surface area contributed by atoms with Crippen molar-refractivity contribution in [3.8, 4) is 5.75 Å². The Hall–Kier alpha value is -1.67. The Morgan fingerprint density at radius 2 is 2.30 bits per heavy atom. The molecule has 0 unspecified atom stereocenters. The molecule has 1 aromatic carbocycles. The highest BCUT2D eigenvalue weighted by molar-refractivity contribution is 9.10. The molecular weight excluding hydrogens is 351 g/mol. The van der Waals surface area contributed by atoms with Gasteiger partial charge in [0.05, 0.1) is 30.3 Å². The van der Waals surface area contributed by atoms with Crippen LogP contribution in [0.15, 0.2) is 28.1 Å². The van der Waals surface area contributed by atoms with Crippen LogP contribution in [0.4, 0.5) is 15.8 Å². The summed E-state index contributed by atoms with van der Waals surface area (Å²) in [6, 6.07) is 4.04. The lowest BCUT2D eigenvalue weighted by molar-refractivity contribution is -0.385. The summed E-state index contributed by atoms with van der Waals surface area (Å²) in [7, 11) is 1.31. The number of anilines is 1. The van der Waals surface area contributed by atoms with Gasteiger partial charge in [-0.15, -0.1) is 11.3 Å². The molecule has 0 aliphatic heterocycles. The monoisotopic (exact) mass is 360 g/mol. The van der Waals surface area contributed by atoms with Crippen molar-refractivity contribution in [2.75, 3.05) is 12.4 Å². The number of nitrogens with zero attached hydrogens (tertiary/aromatic N) is 1. The number of rotatable bonds is 5. The Labute approximate surface area is 126 Å². The van der Waals surface area contributed by atoms with Crippen LogP contribution < -0.4 is 10.1 Å². The van der Waals surface area contributed by atoms with E-state index in [0.29, 0.717) is 6.54 Å². The van der Waals surface area contributed by atoms with Crippen LogP contribution in [0, 0.1) is 15.9 Å². The Kier molecular flexibility index (Phi) is 4.56. The van der Waals surface area contributed by atoms with E-state index in [1.165, 1.54) is 24.5 Å². The second-order valence-corrected chi connectivity index (χ2v) is 5.66. The van der Waals surface area contributed by atoms with Gasteiger partial charge in [0.2, 0.25) is 0 Å². The number of nitrogens with one attached hydrogen (secondary N) is 1. The predicted octanol–water partition coefficient (Wildman–Crippen LogP) is 4.18. The van der Waals surface area contributed by atoms with E-state index < -0.39 is 16.4 Å². The van der Waals surface area contributed by atoms with Crippen LogP contribution >= 0.6 is 27.3 Å². The SMILES string of the molecule is COc1cc(NCc2sccc2Br)c(F)cc1[N+](=O)[O-]. The number of nitro benzene ring substituents is 1. The Balaban J connectivity index is 2.24. The van der Waals surface area contributed by atoms with Crippen molar-refractivity contribution in [3.05, 3.63) is 48.9 Å². The van der Waals surface area contributed by atoms with Gasteiger partial charge in [0.1, 0.15) is 0 Å². The molecule has 1 N–H and O–H groups in total. The van der Waals surface area contributed by atoms with E-state index in [9.17, 15) is 14.5 Å². The van der Waals surface area contributed by atoms with Crippen LogP contribution in [-0.4, -0.2) is 12.0 Å². The quantitative estimate of drug-likeness (QED) is 0.641. The summed E-state index contributed by atoms with van der Waals surface area (Å²) in [6.07, 6.45) is 0. The van der Waals surface area contributed by atoms with E-state index in [2.05, 4.69) is 21.2 Å². The standard InChI is InChI=1S/C12H10BrFN2O3S/c1-19-11-5-9(8(14)4-10(11)16(17)18)15-6-12-7(13)2-3-20-12/h2-5,15H,6H2,1H3. The minimum absolute atomic E-state index is 0.0177. The first-order valence-electron chi connectivity index (χ1n) is 5.50. The normalized spacial score (nSPS) is 10.3. The summed E-state index contributed by atoms with van der Waals surface area (Å²) in [5.74, 6) is -0.672. The summed E-state index contributed by atoms with van der Waals surface area (Å²) >= 11 is 4.90. The first-order chi connectivity index (χ1) is 9.52. The smallest absolute Gasteiger partial charge is 0.313 e. The van der Waals surface area contributed by atoms with Crippen LogP contribution in [0.1, 0.15) is 4.88 Å². The number of thiophene rings is 1. The molecule has 0 radical (unpaired) electrons. The zero-order chi connectivity index (χ0) is 14.7. The largest absolute Gasteiger partial charge is 0.490 e. The van der Waals surface area contributed by atoms with Crippen molar-refractivity contribution < 1.29 is 14.1 Å². The van der Waals surface area contributed by atoms with E-state index in [4.69, 9.17) is 4.74 Å². The fraction of sp³-hybridized carbons (Fsp3) is 0.167. The number of nitro groups is 1. The lowest BCUT2D eigenvalue weighted by Crippen LogP contribution is -2.03. The minimum atomic E-state index is -0.690. The van der Waals surface area contributed by atoms with Crippen molar-refractivity contribution in [2.24, 2.45) is 0 Å². The Bertz CT molecular complexity index is 648. The lowest BCUT2D eigenvalue weighted by Gasteiger charge is -2.09. The Morgan fingerprint density at radius 3 is 2.85 bits per heavy atom. The van der Waals surface area contributed by atoms with Crippen molar-refractivity contribution >= 4 is 38.6 Å². The van der Waals surface area contributed by atoms with Crippen LogP contribution in [0.25, 0.3) is 0 Å². The predicted molar refractivity (Wildman–Crippen MR) is 79.0 cm³/mol. The van der Waals surface area contributed by atoms with Crippen molar-refractivity contribution in [3.63, 3.8) is 0 Å². The zero-order valence-corrected chi connectivity index (χ0v) is 12.8. The summed E-state index contributed by atoms with van der Waals surface area (Å²) in [5, 5.41) is 15.6. The van der Waals surface area contributed by atoms with Gasteiger partial charge in [-0.05, 0) is 27.4 Å². The van der Waals surface area contributed by atoms with Gasteiger partial charge in [-0.2, -0.15) is 0 Å². The Morgan fingerprint density at radius 1 is 1.55 bits per heavy atom. The fourth-order valence-electron chi connectivity index (χ4n) is 1.61. The number of benzene rings is 1. The maximum Gasteiger partial charge on any atom is 0.313 e. The van der Waals surface area contributed by atoms with Crippen LogP contribution in [0.5, 0.6) is 5.75 Å². The van der Waals surface area contributed by atoms with Gasteiger partial charge in [0.15, 0.2) is 11.6 Å². The number of ether oxygens (including phenoxy) is 1. The molecule has 0 bridgehead atoms. The first kappa shape index (κ1) is 14.7. The highest BCUT2D eigenvalue weighted by Gasteiger charge is 2.19. The summed E-state index contributed by atoms with van der Waals surface area (Å²) in [6.45, 7) is 0.413. The van der Waals surface area contributed by atoms with Gasteiger partial charge < -0.3 is 10.1 Å². The van der Waals surface area contributed by atoms with Gasteiger partial charge in [0.25, 0.3) is 0 Å². The molecule has 20 heavy (non-hydrogen) atoms. The zero-order valence-electron chi connectivity index (χ0n) is 10.4. The average Bonchev–Trinajstić information content (AvgIpc) is 2.82. The molecule has 0 saturated heterocycles.